The maximum absolute atomic E-state index is 2.35. The summed E-state index contributed by atoms with van der Waals surface area (Å²) < 4.78 is 0. The summed E-state index contributed by atoms with van der Waals surface area (Å²) in [5, 5.41) is 2.71. The van der Waals surface area contributed by atoms with Crippen LogP contribution in [0.25, 0.3) is 10.8 Å². The lowest BCUT2D eigenvalue weighted by molar-refractivity contribution is 0.729. The molecule has 78 valence electrons. The molecule has 1 unspecified atom stereocenters. The van der Waals surface area contributed by atoms with E-state index < -0.39 is 0 Å². The fraction of sp³-hybridized carbons (Fsp3) is 0.333. The van der Waals surface area contributed by atoms with Crippen molar-refractivity contribution >= 4 is 10.8 Å². The first-order valence-corrected chi connectivity index (χ1v) is 5.71. The Morgan fingerprint density at radius 1 is 1.07 bits per heavy atom. The van der Waals surface area contributed by atoms with Crippen LogP contribution in [0.15, 0.2) is 36.4 Å². The molecule has 0 saturated heterocycles. The van der Waals surface area contributed by atoms with Gasteiger partial charge in [0.1, 0.15) is 0 Å². The van der Waals surface area contributed by atoms with Crippen molar-refractivity contribution in [3.8, 4) is 0 Å². The molecule has 0 heteroatoms. The molecular formula is C15H18. The normalized spacial score (nSPS) is 13.0. The van der Waals surface area contributed by atoms with Crippen molar-refractivity contribution in [1.82, 2.24) is 0 Å². The number of benzene rings is 2. The Hall–Kier alpha value is -1.30. The van der Waals surface area contributed by atoms with Crippen LogP contribution in [0.4, 0.5) is 0 Å². The van der Waals surface area contributed by atoms with Crippen LogP contribution in [0.3, 0.4) is 0 Å². The Morgan fingerprint density at radius 2 is 1.67 bits per heavy atom. The zero-order chi connectivity index (χ0) is 10.8. The molecular weight excluding hydrogens is 180 g/mol. The Kier molecular flexibility index (Phi) is 2.77. The average Bonchev–Trinajstić information content (AvgIpc) is 2.27. The predicted octanol–water partition coefficient (Wildman–Crippen LogP) is 4.66. The molecule has 0 N–H and O–H groups in total. The van der Waals surface area contributed by atoms with Crippen LogP contribution in [0.5, 0.6) is 0 Å². The van der Waals surface area contributed by atoms with Crippen molar-refractivity contribution < 1.29 is 0 Å². The molecule has 0 nitrogen and oxygen atoms in total. The van der Waals surface area contributed by atoms with Gasteiger partial charge in [0, 0.05) is 0 Å². The molecule has 0 aliphatic rings. The van der Waals surface area contributed by atoms with Crippen molar-refractivity contribution in [1.29, 1.82) is 0 Å². The van der Waals surface area contributed by atoms with E-state index >= 15 is 0 Å². The van der Waals surface area contributed by atoms with Crippen molar-refractivity contribution in [3.05, 3.63) is 47.5 Å². The first-order valence-electron chi connectivity index (χ1n) is 5.71. The highest BCUT2D eigenvalue weighted by Gasteiger charge is 2.07. The highest BCUT2D eigenvalue weighted by atomic mass is 14.1. The minimum atomic E-state index is 0.662. The van der Waals surface area contributed by atoms with Gasteiger partial charge in [-0.05, 0) is 41.2 Å². The molecule has 0 aromatic heterocycles. The molecule has 0 aliphatic heterocycles. The van der Waals surface area contributed by atoms with E-state index in [1.807, 2.05) is 0 Å². The van der Waals surface area contributed by atoms with E-state index in [0.717, 1.165) is 0 Å². The molecule has 2 rings (SSSR count). The Morgan fingerprint density at radius 3 is 2.27 bits per heavy atom. The summed E-state index contributed by atoms with van der Waals surface area (Å²) >= 11 is 0. The summed E-state index contributed by atoms with van der Waals surface area (Å²) in [5.41, 5.74) is 2.92. The fourth-order valence-electron chi connectivity index (χ4n) is 2.12. The van der Waals surface area contributed by atoms with Crippen molar-refractivity contribution in [2.75, 3.05) is 0 Å². The fourth-order valence-corrected chi connectivity index (χ4v) is 2.12. The van der Waals surface area contributed by atoms with Gasteiger partial charge in [0.05, 0.1) is 0 Å². The van der Waals surface area contributed by atoms with Gasteiger partial charge in [0.2, 0.25) is 0 Å². The third-order valence-electron chi connectivity index (χ3n) is 3.28. The second kappa shape index (κ2) is 4.06. The van der Waals surface area contributed by atoms with Crippen LogP contribution in [-0.4, -0.2) is 0 Å². The maximum Gasteiger partial charge on any atom is -0.0181 e. The van der Waals surface area contributed by atoms with Crippen LogP contribution < -0.4 is 0 Å². The summed E-state index contributed by atoms with van der Waals surface area (Å²) in [4.78, 5) is 0. The monoisotopic (exact) mass is 198 g/mol. The van der Waals surface area contributed by atoms with Crippen LogP contribution in [-0.2, 0) is 0 Å². The lowest BCUT2D eigenvalue weighted by atomic mass is 9.92. The van der Waals surface area contributed by atoms with Gasteiger partial charge in [-0.2, -0.15) is 0 Å². The van der Waals surface area contributed by atoms with E-state index in [0.29, 0.717) is 5.92 Å². The molecule has 0 bridgehead atoms. The number of fused-ring (bicyclic) bond motifs is 1. The summed E-state index contributed by atoms with van der Waals surface area (Å²) in [6.07, 6.45) is 1.21. The summed E-state index contributed by atoms with van der Waals surface area (Å²) in [7, 11) is 0. The van der Waals surface area contributed by atoms with Gasteiger partial charge < -0.3 is 0 Å². The quantitative estimate of drug-likeness (QED) is 0.658. The van der Waals surface area contributed by atoms with Crippen molar-refractivity contribution in [2.45, 2.75) is 33.1 Å². The summed E-state index contributed by atoms with van der Waals surface area (Å²) in [6, 6.07) is 13.2. The van der Waals surface area contributed by atoms with Gasteiger partial charge in [-0.25, -0.2) is 0 Å². The molecule has 1 atom stereocenters. The molecule has 2 aromatic carbocycles. The van der Waals surface area contributed by atoms with Gasteiger partial charge in [0.25, 0.3) is 0 Å². The highest BCUT2D eigenvalue weighted by molar-refractivity contribution is 5.84. The minimum absolute atomic E-state index is 0.662. The van der Waals surface area contributed by atoms with Gasteiger partial charge in [0.15, 0.2) is 0 Å². The zero-order valence-electron chi connectivity index (χ0n) is 9.75. The number of hydrogen-bond acceptors (Lipinski definition) is 0. The number of rotatable bonds is 2. The summed E-state index contributed by atoms with van der Waals surface area (Å²) in [6.45, 7) is 6.77. The SMILES string of the molecule is CCC(C)c1cc2ccccc2cc1C. The van der Waals surface area contributed by atoms with E-state index in [-0.39, 0.29) is 0 Å². The van der Waals surface area contributed by atoms with Crippen LogP contribution >= 0.6 is 0 Å². The standard InChI is InChI=1S/C15H18/c1-4-11(2)15-10-14-8-6-5-7-13(14)9-12(15)3/h5-11H,4H2,1-3H3. The second-order valence-corrected chi connectivity index (χ2v) is 4.37. The van der Waals surface area contributed by atoms with Gasteiger partial charge >= 0.3 is 0 Å². The van der Waals surface area contributed by atoms with E-state index in [2.05, 4.69) is 57.2 Å². The molecule has 0 aliphatic carbocycles. The molecule has 0 amide bonds. The zero-order valence-corrected chi connectivity index (χ0v) is 9.75. The van der Waals surface area contributed by atoms with Crippen LogP contribution in [0.2, 0.25) is 0 Å². The largest absolute Gasteiger partial charge is 0.0648 e. The van der Waals surface area contributed by atoms with Crippen LogP contribution in [0, 0.1) is 6.92 Å². The topological polar surface area (TPSA) is 0 Å². The Bertz CT molecular complexity index is 468. The van der Waals surface area contributed by atoms with E-state index in [1.54, 1.807) is 0 Å². The van der Waals surface area contributed by atoms with Crippen molar-refractivity contribution in [3.63, 3.8) is 0 Å². The first kappa shape index (κ1) is 10.2. The van der Waals surface area contributed by atoms with Gasteiger partial charge in [-0.3, -0.25) is 0 Å². The molecule has 0 radical (unpaired) electrons. The Labute approximate surface area is 91.9 Å². The van der Waals surface area contributed by atoms with Crippen molar-refractivity contribution in [2.24, 2.45) is 0 Å². The molecule has 0 heterocycles. The van der Waals surface area contributed by atoms with E-state index in [9.17, 15) is 0 Å². The van der Waals surface area contributed by atoms with E-state index in [1.165, 1.54) is 28.3 Å². The number of hydrogen-bond donors (Lipinski definition) is 0. The van der Waals surface area contributed by atoms with Crippen LogP contribution in [0.1, 0.15) is 37.3 Å². The molecule has 0 saturated carbocycles. The minimum Gasteiger partial charge on any atom is -0.0648 e. The lowest BCUT2D eigenvalue weighted by Crippen LogP contribution is -1.95. The van der Waals surface area contributed by atoms with Gasteiger partial charge in [-0.15, -0.1) is 0 Å². The Balaban J connectivity index is 2.61. The highest BCUT2D eigenvalue weighted by Crippen LogP contribution is 2.27. The molecule has 0 spiro atoms. The second-order valence-electron chi connectivity index (χ2n) is 4.37. The maximum atomic E-state index is 2.35. The summed E-state index contributed by atoms with van der Waals surface area (Å²) in [5.74, 6) is 0.662. The number of aryl methyl sites for hydroxylation is 1. The molecule has 0 fully saturated rings. The third kappa shape index (κ3) is 1.90. The molecule has 2 aromatic rings. The third-order valence-corrected chi connectivity index (χ3v) is 3.28. The predicted molar refractivity (Wildman–Crippen MR) is 67.4 cm³/mol. The molecule has 15 heavy (non-hydrogen) atoms. The lowest BCUT2D eigenvalue weighted by Gasteiger charge is -2.13. The van der Waals surface area contributed by atoms with Gasteiger partial charge in [-0.1, -0.05) is 50.2 Å². The first-order chi connectivity index (χ1) is 7.22. The average molecular weight is 198 g/mol. The van der Waals surface area contributed by atoms with E-state index in [4.69, 9.17) is 0 Å². The smallest absolute Gasteiger partial charge is 0.0181 e.